The maximum atomic E-state index is 12.7. The zero-order valence-electron chi connectivity index (χ0n) is 39.7. The number of carboxylic acids is 1. The fraction of sp³-hybridized carbons (Fsp3) is 0.902. The SMILES string of the molecule is CCCCCCCCC/C=C/CCCCCC(=O)OC(COCCC(C(=O)O)[N+](C)(C)C)COC(=O)CCCCCCCCCCCCCCCCCCCCCCC. The number of likely N-dealkylation sites (N-methyl/N-ethyl adjacent to an activating group) is 1. The summed E-state index contributed by atoms with van der Waals surface area (Å²) in [6, 6.07) is -0.613. The van der Waals surface area contributed by atoms with Crippen molar-refractivity contribution < 1.29 is 38.2 Å². The highest BCUT2D eigenvalue weighted by Gasteiger charge is 2.31. The van der Waals surface area contributed by atoms with Crippen LogP contribution in [0.5, 0.6) is 0 Å². The number of unbranched alkanes of at least 4 members (excludes halogenated alkanes) is 30. The fourth-order valence-electron chi connectivity index (χ4n) is 7.74. The highest BCUT2D eigenvalue weighted by molar-refractivity contribution is 5.72. The Morgan fingerprint density at radius 2 is 0.847 bits per heavy atom. The smallest absolute Gasteiger partial charge is 0.362 e. The summed E-state index contributed by atoms with van der Waals surface area (Å²) in [6.45, 7) is 4.76. The van der Waals surface area contributed by atoms with Gasteiger partial charge in [0.05, 0.1) is 34.4 Å². The van der Waals surface area contributed by atoms with Gasteiger partial charge < -0.3 is 23.8 Å². The van der Waals surface area contributed by atoms with Crippen molar-refractivity contribution in [1.82, 2.24) is 0 Å². The van der Waals surface area contributed by atoms with E-state index in [9.17, 15) is 19.5 Å². The molecule has 0 aromatic rings. The molecule has 0 saturated heterocycles. The first-order chi connectivity index (χ1) is 28.6. The van der Waals surface area contributed by atoms with Crippen LogP contribution < -0.4 is 0 Å². The van der Waals surface area contributed by atoms with Crippen LogP contribution >= 0.6 is 0 Å². The maximum absolute atomic E-state index is 12.7. The molecule has 0 bridgehead atoms. The van der Waals surface area contributed by atoms with Crippen LogP contribution in [0.3, 0.4) is 0 Å². The van der Waals surface area contributed by atoms with E-state index in [1.165, 1.54) is 161 Å². The van der Waals surface area contributed by atoms with Crippen LogP contribution in [0.15, 0.2) is 12.2 Å². The van der Waals surface area contributed by atoms with Gasteiger partial charge in [-0.2, -0.15) is 0 Å². The van der Waals surface area contributed by atoms with Crippen molar-refractivity contribution in [2.75, 3.05) is 41.0 Å². The average Bonchev–Trinajstić information content (AvgIpc) is 3.19. The van der Waals surface area contributed by atoms with Gasteiger partial charge in [-0.3, -0.25) is 9.59 Å². The standard InChI is InChI=1S/C51H97NO7/c1-6-8-10-12-14-16-18-20-22-23-24-25-26-27-28-30-31-33-35-37-39-41-49(53)58-46-47(45-57-44-43-48(51(55)56)52(3,4)5)59-50(54)42-40-38-36-34-32-29-21-19-17-15-13-11-9-7-2/h29,32,47-48H,6-28,30-31,33-46H2,1-5H3/p+1/b32-29+. The van der Waals surface area contributed by atoms with E-state index in [0.29, 0.717) is 19.3 Å². The minimum Gasteiger partial charge on any atom is -0.477 e. The molecule has 348 valence electrons. The lowest BCUT2D eigenvalue weighted by Crippen LogP contribution is -2.50. The monoisotopic (exact) mass is 837 g/mol. The van der Waals surface area contributed by atoms with Crippen molar-refractivity contribution in [1.29, 1.82) is 0 Å². The summed E-state index contributed by atoms with van der Waals surface area (Å²) in [5.74, 6) is -1.47. The first-order valence-corrected chi connectivity index (χ1v) is 25.2. The van der Waals surface area contributed by atoms with Crippen molar-refractivity contribution in [2.45, 2.75) is 257 Å². The predicted octanol–water partition coefficient (Wildman–Crippen LogP) is 14.3. The Morgan fingerprint density at radius 1 is 0.492 bits per heavy atom. The molecule has 0 saturated carbocycles. The first kappa shape index (κ1) is 57.1. The number of aliphatic carboxylic acids is 1. The fourth-order valence-corrected chi connectivity index (χ4v) is 7.74. The highest BCUT2D eigenvalue weighted by Crippen LogP contribution is 2.16. The van der Waals surface area contributed by atoms with E-state index in [0.717, 1.165) is 51.4 Å². The predicted molar refractivity (Wildman–Crippen MR) is 248 cm³/mol. The van der Waals surface area contributed by atoms with E-state index in [1.807, 2.05) is 21.1 Å². The summed E-state index contributed by atoms with van der Waals surface area (Å²) >= 11 is 0. The number of allylic oxidation sites excluding steroid dienone is 2. The summed E-state index contributed by atoms with van der Waals surface area (Å²) in [7, 11) is 5.54. The molecule has 59 heavy (non-hydrogen) atoms. The Hall–Kier alpha value is -1.93. The topological polar surface area (TPSA) is 99.1 Å². The third kappa shape index (κ3) is 41.2. The Bertz CT molecular complexity index is 978. The van der Waals surface area contributed by atoms with Crippen LogP contribution in [-0.4, -0.2) is 80.6 Å². The molecule has 0 spiro atoms. The van der Waals surface area contributed by atoms with E-state index >= 15 is 0 Å². The number of hydrogen-bond acceptors (Lipinski definition) is 6. The average molecular weight is 837 g/mol. The van der Waals surface area contributed by atoms with Crippen molar-refractivity contribution in [2.24, 2.45) is 0 Å². The summed E-state index contributed by atoms with van der Waals surface area (Å²) in [5.41, 5.74) is 0. The minimum atomic E-state index is -0.873. The van der Waals surface area contributed by atoms with Gasteiger partial charge in [-0.25, -0.2) is 4.79 Å². The van der Waals surface area contributed by atoms with Crippen LogP contribution in [0.1, 0.15) is 245 Å². The van der Waals surface area contributed by atoms with E-state index in [2.05, 4.69) is 26.0 Å². The Balaban J connectivity index is 4.19. The zero-order chi connectivity index (χ0) is 43.5. The molecule has 0 amide bonds. The van der Waals surface area contributed by atoms with Crippen molar-refractivity contribution in [3.05, 3.63) is 12.2 Å². The van der Waals surface area contributed by atoms with Gasteiger partial charge in [-0.1, -0.05) is 199 Å². The van der Waals surface area contributed by atoms with Gasteiger partial charge in [0, 0.05) is 19.3 Å². The Morgan fingerprint density at radius 3 is 1.24 bits per heavy atom. The van der Waals surface area contributed by atoms with Crippen molar-refractivity contribution in [3.63, 3.8) is 0 Å². The van der Waals surface area contributed by atoms with Crippen molar-refractivity contribution in [3.8, 4) is 0 Å². The minimum absolute atomic E-state index is 0.0505. The largest absolute Gasteiger partial charge is 0.477 e. The molecule has 0 aromatic carbocycles. The van der Waals surface area contributed by atoms with Gasteiger partial charge in [0.1, 0.15) is 6.61 Å². The maximum Gasteiger partial charge on any atom is 0.362 e. The molecule has 8 heteroatoms. The Kier molecular flexibility index (Phi) is 41.3. The van der Waals surface area contributed by atoms with Gasteiger partial charge >= 0.3 is 17.9 Å². The van der Waals surface area contributed by atoms with Gasteiger partial charge in [-0.05, 0) is 38.5 Å². The second kappa shape index (κ2) is 42.7. The zero-order valence-corrected chi connectivity index (χ0v) is 39.7. The quantitative estimate of drug-likeness (QED) is 0.0282. The second-order valence-electron chi connectivity index (χ2n) is 18.4. The van der Waals surface area contributed by atoms with Crippen LogP contribution in [-0.2, 0) is 28.6 Å². The summed E-state index contributed by atoms with van der Waals surface area (Å²) in [5, 5.41) is 9.64. The molecular weight excluding hydrogens is 739 g/mol. The lowest BCUT2D eigenvalue weighted by atomic mass is 10.0. The van der Waals surface area contributed by atoms with Gasteiger partial charge in [0.2, 0.25) is 0 Å². The summed E-state index contributed by atoms with van der Waals surface area (Å²) < 4.78 is 17.3. The summed E-state index contributed by atoms with van der Waals surface area (Å²) in [6.07, 6.45) is 46.9. The normalized spacial score (nSPS) is 12.9. The molecule has 0 heterocycles. The Labute approximate surface area is 365 Å². The van der Waals surface area contributed by atoms with Crippen LogP contribution in [0.25, 0.3) is 0 Å². The van der Waals surface area contributed by atoms with Gasteiger partial charge in [-0.15, -0.1) is 0 Å². The number of rotatable bonds is 46. The van der Waals surface area contributed by atoms with E-state index in [4.69, 9.17) is 14.2 Å². The van der Waals surface area contributed by atoms with Crippen LogP contribution in [0.4, 0.5) is 0 Å². The van der Waals surface area contributed by atoms with E-state index in [-0.39, 0.29) is 36.2 Å². The number of ether oxygens (including phenoxy) is 3. The molecule has 0 aliphatic carbocycles. The third-order valence-electron chi connectivity index (χ3n) is 11.7. The number of hydrogen-bond donors (Lipinski definition) is 1. The molecule has 0 fully saturated rings. The molecule has 0 radical (unpaired) electrons. The first-order valence-electron chi connectivity index (χ1n) is 25.2. The van der Waals surface area contributed by atoms with Gasteiger partial charge in [0.25, 0.3) is 0 Å². The number of carbonyl (C=O) groups is 3. The van der Waals surface area contributed by atoms with E-state index < -0.39 is 18.1 Å². The molecule has 0 aromatic heterocycles. The van der Waals surface area contributed by atoms with Crippen molar-refractivity contribution >= 4 is 17.9 Å². The number of carbonyl (C=O) groups excluding carboxylic acids is 2. The molecule has 2 atom stereocenters. The number of carboxylic acid groups (broad SMARTS) is 1. The van der Waals surface area contributed by atoms with Crippen LogP contribution in [0, 0.1) is 0 Å². The molecular formula is C51H98NO7+. The molecule has 2 unspecified atom stereocenters. The lowest BCUT2D eigenvalue weighted by Gasteiger charge is -2.31. The molecule has 0 aliphatic rings. The number of quaternary nitrogens is 1. The highest BCUT2D eigenvalue weighted by atomic mass is 16.6. The van der Waals surface area contributed by atoms with Gasteiger partial charge in [0.15, 0.2) is 12.1 Å². The number of esters is 2. The molecule has 0 aliphatic heterocycles. The number of nitrogens with zero attached hydrogens (tertiary/aromatic N) is 1. The lowest BCUT2D eigenvalue weighted by molar-refractivity contribution is -0.887. The summed E-state index contributed by atoms with van der Waals surface area (Å²) in [4.78, 5) is 37.1. The molecule has 8 nitrogen and oxygen atoms in total. The second-order valence-corrected chi connectivity index (χ2v) is 18.4. The van der Waals surface area contributed by atoms with Crippen LogP contribution in [0.2, 0.25) is 0 Å². The van der Waals surface area contributed by atoms with E-state index in [1.54, 1.807) is 0 Å². The molecule has 1 N–H and O–H groups in total. The molecule has 0 rings (SSSR count). The third-order valence-corrected chi connectivity index (χ3v) is 11.7.